The summed E-state index contributed by atoms with van der Waals surface area (Å²) in [5.74, 6) is 1.13. The molecule has 0 spiro atoms. The summed E-state index contributed by atoms with van der Waals surface area (Å²) in [7, 11) is 0. The Hall–Kier alpha value is -2.60. The van der Waals surface area contributed by atoms with Gasteiger partial charge < -0.3 is 4.74 Å². The third-order valence-corrected chi connectivity index (χ3v) is 3.19. The van der Waals surface area contributed by atoms with Gasteiger partial charge in [-0.2, -0.15) is 5.26 Å². The standard InChI is InChI=1S/C18H17NO2/c1-18(2,3)15-5-4-6-16(10-15)21-17-8-7-13(12-20)9-14(17)11-19/h4-10,12H,1-3H3. The number of carbonyl (C=O) groups is 1. The SMILES string of the molecule is CC(C)(C)c1cccc(Oc2ccc(C=O)cc2C#N)c1. The molecule has 3 nitrogen and oxygen atoms in total. The fourth-order valence-electron chi connectivity index (χ4n) is 1.95. The zero-order valence-corrected chi connectivity index (χ0v) is 12.4. The Morgan fingerprint density at radius 3 is 2.52 bits per heavy atom. The third kappa shape index (κ3) is 3.49. The summed E-state index contributed by atoms with van der Waals surface area (Å²) in [5.41, 5.74) is 1.99. The lowest BCUT2D eigenvalue weighted by Crippen LogP contribution is -2.10. The van der Waals surface area contributed by atoms with Gasteiger partial charge in [0.05, 0.1) is 5.56 Å². The predicted octanol–water partition coefficient (Wildman–Crippen LogP) is 4.46. The lowest BCUT2D eigenvalue weighted by Gasteiger charge is -2.19. The molecule has 3 heteroatoms. The van der Waals surface area contributed by atoms with Crippen LogP contribution in [-0.2, 0) is 5.41 Å². The summed E-state index contributed by atoms with van der Waals surface area (Å²) in [4.78, 5) is 10.7. The quantitative estimate of drug-likeness (QED) is 0.779. The van der Waals surface area contributed by atoms with Crippen molar-refractivity contribution in [2.75, 3.05) is 0 Å². The second kappa shape index (κ2) is 5.80. The molecule has 2 rings (SSSR count). The van der Waals surface area contributed by atoms with Gasteiger partial charge in [-0.3, -0.25) is 4.79 Å². The van der Waals surface area contributed by atoms with Crippen molar-refractivity contribution in [3.63, 3.8) is 0 Å². The molecule has 0 bridgehead atoms. The average Bonchev–Trinajstić information content (AvgIpc) is 2.47. The highest BCUT2D eigenvalue weighted by Gasteiger charge is 2.14. The van der Waals surface area contributed by atoms with E-state index in [4.69, 9.17) is 10.00 Å². The normalized spacial score (nSPS) is 10.8. The third-order valence-electron chi connectivity index (χ3n) is 3.19. The molecule has 0 radical (unpaired) electrons. The number of ether oxygens (including phenoxy) is 1. The summed E-state index contributed by atoms with van der Waals surface area (Å²) in [6, 6.07) is 14.7. The topological polar surface area (TPSA) is 50.1 Å². The van der Waals surface area contributed by atoms with Gasteiger partial charge in [-0.15, -0.1) is 0 Å². The van der Waals surface area contributed by atoms with Crippen LogP contribution in [0.5, 0.6) is 11.5 Å². The summed E-state index contributed by atoms with van der Waals surface area (Å²) >= 11 is 0. The lowest BCUT2D eigenvalue weighted by atomic mass is 9.87. The maximum Gasteiger partial charge on any atom is 0.150 e. The molecule has 0 aliphatic rings. The van der Waals surface area contributed by atoms with E-state index in [0.29, 0.717) is 28.9 Å². The monoisotopic (exact) mass is 279 g/mol. The minimum absolute atomic E-state index is 0.0266. The zero-order valence-electron chi connectivity index (χ0n) is 12.4. The van der Waals surface area contributed by atoms with Crippen LogP contribution in [0.2, 0.25) is 0 Å². The minimum Gasteiger partial charge on any atom is -0.456 e. The van der Waals surface area contributed by atoms with Crippen LogP contribution in [0, 0.1) is 11.3 Å². The Bertz CT molecular complexity index is 706. The van der Waals surface area contributed by atoms with Gasteiger partial charge in [-0.1, -0.05) is 32.9 Å². The number of benzene rings is 2. The molecule has 0 atom stereocenters. The van der Waals surface area contributed by atoms with Crippen molar-refractivity contribution in [1.29, 1.82) is 5.26 Å². The van der Waals surface area contributed by atoms with E-state index < -0.39 is 0 Å². The van der Waals surface area contributed by atoms with E-state index in [1.807, 2.05) is 24.3 Å². The van der Waals surface area contributed by atoms with Gasteiger partial charge in [-0.05, 0) is 41.3 Å². The van der Waals surface area contributed by atoms with Gasteiger partial charge in [0.2, 0.25) is 0 Å². The number of nitrogens with zero attached hydrogens (tertiary/aromatic N) is 1. The van der Waals surface area contributed by atoms with E-state index in [1.54, 1.807) is 12.1 Å². The number of carbonyl (C=O) groups excluding carboxylic acids is 1. The first kappa shape index (κ1) is 14.8. The summed E-state index contributed by atoms with van der Waals surface area (Å²) in [6.07, 6.45) is 0.713. The second-order valence-corrected chi connectivity index (χ2v) is 5.87. The van der Waals surface area contributed by atoms with Crippen molar-refractivity contribution in [1.82, 2.24) is 0 Å². The number of rotatable bonds is 3. The van der Waals surface area contributed by atoms with E-state index in [9.17, 15) is 4.79 Å². The number of hydrogen-bond acceptors (Lipinski definition) is 3. The first-order chi connectivity index (χ1) is 9.94. The van der Waals surface area contributed by atoms with Crippen LogP contribution >= 0.6 is 0 Å². The molecule has 21 heavy (non-hydrogen) atoms. The van der Waals surface area contributed by atoms with Gasteiger partial charge >= 0.3 is 0 Å². The smallest absolute Gasteiger partial charge is 0.150 e. The van der Waals surface area contributed by atoms with Gasteiger partial charge in [0.15, 0.2) is 0 Å². The highest BCUT2D eigenvalue weighted by molar-refractivity contribution is 5.76. The van der Waals surface area contributed by atoms with Gasteiger partial charge in [0, 0.05) is 5.56 Å². The Kier molecular flexibility index (Phi) is 4.09. The fourth-order valence-corrected chi connectivity index (χ4v) is 1.95. The molecule has 0 saturated heterocycles. The van der Waals surface area contributed by atoms with Crippen molar-refractivity contribution in [2.45, 2.75) is 26.2 Å². The van der Waals surface area contributed by atoms with Crippen molar-refractivity contribution in [3.8, 4) is 17.6 Å². The first-order valence-corrected chi connectivity index (χ1v) is 6.72. The maximum atomic E-state index is 10.7. The van der Waals surface area contributed by atoms with Crippen LogP contribution in [0.4, 0.5) is 0 Å². The van der Waals surface area contributed by atoms with Crippen molar-refractivity contribution < 1.29 is 9.53 Å². The van der Waals surface area contributed by atoms with Crippen LogP contribution < -0.4 is 4.74 Å². The molecule has 0 aromatic heterocycles. The van der Waals surface area contributed by atoms with E-state index in [0.717, 1.165) is 5.56 Å². The second-order valence-electron chi connectivity index (χ2n) is 5.87. The first-order valence-electron chi connectivity index (χ1n) is 6.72. The van der Waals surface area contributed by atoms with Crippen LogP contribution in [0.3, 0.4) is 0 Å². The Labute approximate surface area is 124 Å². The predicted molar refractivity (Wildman–Crippen MR) is 81.8 cm³/mol. The van der Waals surface area contributed by atoms with Crippen molar-refractivity contribution in [3.05, 3.63) is 59.2 Å². The van der Waals surface area contributed by atoms with E-state index in [2.05, 4.69) is 26.8 Å². The van der Waals surface area contributed by atoms with Crippen LogP contribution in [-0.4, -0.2) is 6.29 Å². The molecule has 0 fully saturated rings. The largest absolute Gasteiger partial charge is 0.456 e. The van der Waals surface area contributed by atoms with Gasteiger partial charge in [0.25, 0.3) is 0 Å². The summed E-state index contributed by atoms with van der Waals surface area (Å²) in [6.45, 7) is 6.39. The highest BCUT2D eigenvalue weighted by Crippen LogP contribution is 2.30. The molecule has 0 aliphatic heterocycles. The number of nitriles is 1. The number of hydrogen-bond donors (Lipinski definition) is 0. The van der Waals surface area contributed by atoms with Crippen LogP contribution in [0.25, 0.3) is 0 Å². The fraction of sp³-hybridized carbons (Fsp3) is 0.222. The molecule has 2 aromatic rings. The average molecular weight is 279 g/mol. The molecule has 0 unspecified atom stereocenters. The molecule has 0 N–H and O–H groups in total. The Balaban J connectivity index is 2.35. The Morgan fingerprint density at radius 1 is 1.14 bits per heavy atom. The zero-order chi connectivity index (χ0) is 15.5. The van der Waals surface area contributed by atoms with Crippen LogP contribution in [0.15, 0.2) is 42.5 Å². The molecule has 2 aromatic carbocycles. The van der Waals surface area contributed by atoms with E-state index in [1.165, 1.54) is 6.07 Å². The Morgan fingerprint density at radius 2 is 1.90 bits per heavy atom. The van der Waals surface area contributed by atoms with Gasteiger partial charge in [0.1, 0.15) is 23.9 Å². The minimum atomic E-state index is 0.0266. The molecular weight excluding hydrogens is 262 g/mol. The molecule has 0 saturated carbocycles. The molecule has 0 heterocycles. The lowest BCUT2D eigenvalue weighted by molar-refractivity contribution is 0.112. The molecule has 0 amide bonds. The van der Waals surface area contributed by atoms with E-state index >= 15 is 0 Å². The molecular formula is C18H17NO2. The van der Waals surface area contributed by atoms with Crippen molar-refractivity contribution in [2.24, 2.45) is 0 Å². The maximum absolute atomic E-state index is 10.7. The molecule has 106 valence electrons. The summed E-state index contributed by atoms with van der Waals surface area (Å²) < 4.78 is 5.80. The van der Waals surface area contributed by atoms with Gasteiger partial charge in [-0.25, -0.2) is 0 Å². The summed E-state index contributed by atoms with van der Waals surface area (Å²) in [5, 5.41) is 9.15. The van der Waals surface area contributed by atoms with E-state index in [-0.39, 0.29) is 5.41 Å². The molecule has 0 aliphatic carbocycles. The van der Waals surface area contributed by atoms with Crippen LogP contribution in [0.1, 0.15) is 42.3 Å². The number of aldehydes is 1. The van der Waals surface area contributed by atoms with Crippen molar-refractivity contribution >= 4 is 6.29 Å². The highest BCUT2D eigenvalue weighted by atomic mass is 16.5.